The van der Waals surface area contributed by atoms with Gasteiger partial charge in [-0.05, 0) is 30.5 Å². The van der Waals surface area contributed by atoms with Crippen molar-refractivity contribution in [2.75, 3.05) is 33.4 Å². The fourth-order valence-corrected chi connectivity index (χ4v) is 3.37. The number of imidazole rings is 1. The first-order valence-corrected chi connectivity index (χ1v) is 8.61. The summed E-state index contributed by atoms with van der Waals surface area (Å²) < 4.78 is 7.00. The molecule has 25 heavy (non-hydrogen) atoms. The Balaban J connectivity index is 1.67. The minimum absolute atomic E-state index is 0.0473. The predicted octanol–water partition coefficient (Wildman–Crippen LogP) is 1.03. The Morgan fingerprint density at radius 3 is 2.64 bits per heavy atom. The molecule has 1 aliphatic rings. The first kappa shape index (κ1) is 17.6. The molecule has 2 aromatic heterocycles. The van der Waals surface area contributed by atoms with E-state index in [1.807, 2.05) is 35.3 Å². The number of nitrogens with zero attached hydrogens (tertiary/aromatic N) is 4. The van der Waals surface area contributed by atoms with Crippen LogP contribution in [0, 0.1) is 0 Å². The lowest BCUT2D eigenvalue weighted by molar-refractivity contribution is -0.132. The van der Waals surface area contributed by atoms with Crippen molar-refractivity contribution < 1.29 is 9.53 Å². The molecule has 0 unspecified atom stereocenters. The SMILES string of the molecule is COCCNC(=O)C1(n2ccnc2)CCN(Cc2ccncc2)CC1. The van der Waals surface area contributed by atoms with Crippen LogP contribution < -0.4 is 5.32 Å². The summed E-state index contributed by atoms with van der Waals surface area (Å²) in [6.45, 7) is 3.64. The van der Waals surface area contributed by atoms with Crippen LogP contribution >= 0.6 is 0 Å². The molecular weight excluding hydrogens is 318 g/mol. The van der Waals surface area contributed by atoms with Crippen molar-refractivity contribution in [2.24, 2.45) is 0 Å². The minimum atomic E-state index is -0.570. The molecule has 3 heterocycles. The van der Waals surface area contributed by atoms with Gasteiger partial charge in [0.2, 0.25) is 5.91 Å². The number of amides is 1. The number of hydrogen-bond donors (Lipinski definition) is 1. The highest BCUT2D eigenvalue weighted by molar-refractivity contribution is 5.84. The van der Waals surface area contributed by atoms with Gasteiger partial charge in [0.25, 0.3) is 0 Å². The Labute approximate surface area is 148 Å². The van der Waals surface area contributed by atoms with Gasteiger partial charge in [-0.15, -0.1) is 0 Å². The van der Waals surface area contributed by atoms with Gasteiger partial charge in [-0.2, -0.15) is 0 Å². The molecule has 7 heteroatoms. The molecule has 0 radical (unpaired) electrons. The zero-order valence-electron chi connectivity index (χ0n) is 14.6. The van der Waals surface area contributed by atoms with E-state index in [-0.39, 0.29) is 5.91 Å². The highest BCUT2D eigenvalue weighted by Gasteiger charge is 2.42. The van der Waals surface area contributed by atoms with Gasteiger partial charge in [0.1, 0.15) is 5.54 Å². The van der Waals surface area contributed by atoms with Gasteiger partial charge in [0.05, 0.1) is 12.9 Å². The number of likely N-dealkylation sites (tertiary alicyclic amines) is 1. The normalized spacial score (nSPS) is 17.3. The van der Waals surface area contributed by atoms with Gasteiger partial charge in [-0.1, -0.05) is 0 Å². The molecule has 0 aromatic carbocycles. The van der Waals surface area contributed by atoms with Crippen LogP contribution in [0.4, 0.5) is 0 Å². The Kier molecular flexibility index (Phi) is 5.78. The summed E-state index contributed by atoms with van der Waals surface area (Å²) in [5.74, 6) is 0.0473. The second kappa shape index (κ2) is 8.22. The summed E-state index contributed by atoms with van der Waals surface area (Å²) in [5, 5.41) is 3.01. The second-order valence-electron chi connectivity index (χ2n) is 6.38. The zero-order chi connectivity index (χ0) is 17.5. The summed E-state index contributed by atoms with van der Waals surface area (Å²) in [4.78, 5) is 23.5. The number of methoxy groups -OCH3 is 1. The van der Waals surface area contributed by atoms with Crippen LogP contribution in [0.15, 0.2) is 43.2 Å². The standard InChI is InChI=1S/C18H25N5O2/c1-25-13-9-21-17(24)18(23-12-8-20-15-23)4-10-22(11-5-18)14-16-2-6-19-7-3-16/h2-3,6-8,12,15H,4-5,9-11,13-14H2,1H3,(H,21,24). The molecular formula is C18H25N5O2. The van der Waals surface area contributed by atoms with Crippen molar-refractivity contribution >= 4 is 5.91 Å². The molecule has 1 saturated heterocycles. The van der Waals surface area contributed by atoms with Gasteiger partial charge >= 0.3 is 0 Å². The topological polar surface area (TPSA) is 72.3 Å². The molecule has 0 aliphatic carbocycles. The zero-order valence-corrected chi connectivity index (χ0v) is 14.6. The predicted molar refractivity (Wildman–Crippen MR) is 93.8 cm³/mol. The number of nitrogens with one attached hydrogen (secondary N) is 1. The molecule has 1 N–H and O–H groups in total. The molecule has 0 bridgehead atoms. The van der Waals surface area contributed by atoms with Crippen molar-refractivity contribution in [1.82, 2.24) is 24.8 Å². The van der Waals surface area contributed by atoms with Crippen LogP contribution in [0.25, 0.3) is 0 Å². The number of rotatable bonds is 7. The molecule has 2 aromatic rings. The van der Waals surface area contributed by atoms with E-state index >= 15 is 0 Å². The van der Waals surface area contributed by atoms with Crippen LogP contribution in [-0.2, 0) is 21.6 Å². The summed E-state index contributed by atoms with van der Waals surface area (Å²) in [6.07, 6.45) is 10.5. The van der Waals surface area contributed by atoms with Crippen LogP contribution in [0.1, 0.15) is 18.4 Å². The molecule has 1 fully saturated rings. The third-order valence-corrected chi connectivity index (χ3v) is 4.85. The van der Waals surface area contributed by atoms with E-state index in [0.29, 0.717) is 13.2 Å². The largest absolute Gasteiger partial charge is 0.383 e. The Morgan fingerprint density at radius 1 is 1.24 bits per heavy atom. The first-order valence-electron chi connectivity index (χ1n) is 8.61. The highest BCUT2D eigenvalue weighted by atomic mass is 16.5. The van der Waals surface area contributed by atoms with Crippen molar-refractivity contribution in [3.05, 3.63) is 48.8 Å². The van der Waals surface area contributed by atoms with Gasteiger partial charge in [0, 0.05) is 58.1 Å². The maximum absolute atomic E-state index is 12.9. The lowest BCUT2D eigenvalue weighted by atomic mass is 9.86. The van der Waals surface area contributed by atoms with Crippen molar-refractivity contribution in [1.29, 1.82) is 0 Å². The van der Waals surface area contributed by atoms with Crippen molar-refractivity contribution in [3.63, 3.8) is 0 Å². The fraction of sp³-hybridized carbons (Fsp3) is 0.500. The lowest BCUT2D eigenvalue weighted by Gasteiger charge is -2.41. The number of aromatic nitrogens is 3. The Bertz CT molecular complexity index is 651. The van der Waals surface area contributed by atoms with Crippen LogP contribution in [-0.4, -0.2) is 58.7 Å². The lowest BCUT2D eigenvalue weighted by Crippen LogP contribution is -2.55. The minimum Gasteiger partial charge on any atom is -0.383 e. The highest BCUT2D eigenvalue weighted by Crippen LogP contribution is 2.31. The number of piperidine rings is 1. The quantitative estimate of drug-likeness (QED) is 0.761. The second-order valence-corrected chi connectivity index (χ2v) is 6.38. The van der Waals surface area contributed by atoms with Gasteiger partial charge < -0.3 is 14.6 Å². The summed E-state index contributed by atoms with van der Waals surface area (Å²) in [7, 11) is 1.63. The van der Waals surface area contributed by atoms with Crippen molar-refractivity contribution in [3.8, 4) is 0 Å². The molecule has 3 rings (SSSR count). The number of pyridine rings is 1. The average molecular weight is 343 g/mol. The maximum Gasteiger partial charge on any atom is 0.246 e. The number of ether oxygens (including phenoxy) is 1. The van der Waals surface area contributed by atoms with E-state index in [9.17, 15) is 4.79 Å². The summed E-state index contributed by atoms with van der Waals surface area (Å²) in [6, 6.07) is 4.07. The molecule has 7 nitrogen and oxygen atoms in total. The van der Waals surface area contributed by atoms with E-state index in [2.05, 4.69) is 20.2 Å². The van der Waals surface area contributed by atoms with E-state index in [0.717, 1.165) is 32.5 Å². The summed E-state index contributed by atoms with van der Waals surface area (Å²) >= 11 is 0. The monoisotopic (exact) mass is 343 g/mol. The van der Waals surface area contributed by atoms with E-state index < -0.39 is 5.54 Å². The van der Waals surface area contributed by atoms with E-state index in [1.165, 1.54) is 5.56 Å². The third-order valence-electron chi connectivity index (χ3n) is 4.85. The van der Waals surface area contributed by atoms with E-state index in [1.54, 1.807) is 19.6 Å². The Morgan fingerprint density at radius 2 is 2.00 bits per heavy atom. The van der Waals surface area contributed by atoms with Crippen LogP contribution in [0.2, 0.25) is 0 Å². The van der Waals surface area contributed by atoms with Crippen molar-refractivity contribution in [2.45, 2.75) is 24.9 Å². The molecule has 134 valence electrons. The molecule has 0 saturated carbocycles. The van der Waals surface area contributed by atoms with Gasteiger partial charge in [0.15, 0.2) is 0 Å². The Hall–Kier alpha value is -2.25. The molecule has 0 spiro atoms. The number of hydrogen-bond acceptors (Lipinski definition) is 5. The van der Waals surface area contributed by atoms with Crippen LogP contribution in [0.3, 0.4) is 0 Å². The van der Waals surface area contributed by atoms with Gasteiger partial charge in [-0.25, -0.2) is 4.98 Å². The average Bonchev–Trinajstić information content (AvgIpc) is 3.19. The smallest absolute Gasteiger partial charge is 0.246 e. The summed E-state index contributed by atoms with van der Waals surface area (Å²) in [5.41, 5.74) is 0.675. The number of carbonyl (C=O) groups is 1. The number of carbonyl (C=O) groups excluding carboxylic acids is 1. The maximum atomic E-state index is 12.9. The third kappa shape index (κ3) is 4.05. The van der Waals surface area contributed by atoms with Crippen LogP contribution in [0.5, 0.6) is 0 Å². The van der Waals surface area contributed by atoms with E-state index in [4.69, 9.17) is 4.74 Å². The first-order chi connectivity index (χ1) is 12.2. The molecule has 1 amide bonds. The van der Waals surface area contributed by atoms with Gasteiger partial charge in [-0.3, -0.25) is 14.7 Å². The molecule has 0 atom stereocenters. The fourth-order valence-electron chi connectivity index (χ4n) is 3.37. The molecule has 1 aliphatic heterocycles.